The minimum absolute atomic E-state index is 0.266. The monoisotopic (exact) mass is 331 g/mol. The van der Waals surface area contributed by atoms with Crippen LogP contribution in [0.3, 0.4) is 0 Å². The van der Waals surface area contributed by atoms with E-state index in [4.69, 9.17) is 0 Å². The van der Waals surface area contributed by atoms with Gasteiger partial charge in [0.15, 0.2) is 0 Å². The van der Waals surface area contributed by atoms with Crippen molar-refractivity contribution in [2.75, 3.05) is 0 Å². The molecule has 134 valence electrons. The Bertz CT molecular complexity index is 570. The van der Waals surface area contributed by atoms with Crippen molar-refractivity contribution < 1.29 is 10.0 Å². The first-order chi connectivity index (χ1) is 11.4. The van der Waals surface area contributed by atoms with E-state index >= 15 is 0 Å². The molecule has 0 bridgehead atoms. The molecule has 0 aromatic heterocycles. The number of rotatable bonds is 1. The summed E-state index contributed by atoms with van der Waals surface area (Å²) in [7, 11) is 0. The molecule has 4 aliphatic rings. The van der Waals surface area contributed by atoms with Gasteiger partial charge in [-0.2, -0.15) is 0 Å². The molecule has 3 nitrogen and oxygen atoms in total. The van der Waals surface area contributed by atoms with Crippen molar-refractivity contribution in [3.05, 3.63) is 0 Å². The predicted octanol–water partition coefficient (Wildman–Crippen LogP) is 5.06. The van der Waals surface area contributed by atoms with Crippen LogP contribution in [0.1, 0.15) is 78.6 Å². The number of ketones is 1. The van der Waals surface area contributed by atoms with Gasteiger partial charge in [-0.25, -0.2) is 0 Å². The zero-order valence-corrected chi connectivity index (χ0v) is 15.6. The summed E-state index contributed by atoms with van der Waals surface area (Å²) < 4.78 is 0. The Morgan fingerprint density at radius 3 is 2.50 bits per heavy atom. The first-order valence-electron chi connectivity index (χ1n) is 10.1. The van der Waals surface area contributed by atoms with E-state index in [2.05, 4.69) is 19.0 Å². The van der Waals surface area contributed by atoms with Crippen molar-refractivity contribution in [2.45, 2.75) is 78.6 Å². The summed E-state index contributed by atoms with van der Waals surface area (Å²) in [6, 6.07) is 0. The molecule has 7 atom stereocenters. The highest BCUT2D eigenvalue weighted by Gasteiger charge is 2.60. The average Bonchev–Trinajstić information content (AvgIpc) is 2.91. The Morgan fingerprint density at radius 2 is 1.79 bits per heavy atom. The number of hydrogen-bond acceptors (Lipinski definition) is 3. The first-order valence-corrected chi connectivity index (χ1v) is 10.1. The molecule has 0 unspecified atom stereocenters. The number of oxime groups is 1. The number of Topliss-reactive ketones (excluding diaryl/α,β-unsaturated/α-hetero) is 1. The normalized spacial score (nSPS) is 52.5. The van der Waals surface area contributed by atoms with Crippen molar-refractivity contribution in [1.29, 1.82) is 0 Å². The van der Waals surface area contributed by atoms with Crippen LogP contribution in [0.2, 0.25) is 0 Å². The maximum Gasteiger partial charge on any atom is 0.133 e. The summed E-state index contributed by atoms with van der Waals surface area (Å²) >= 11 is 0. The Morgan fingerprint density at radius 1 is 1.04 bits per heavy atom. The van der Waals surface area contributed by atoms with E-state index in [1.165, 1.54) is 38.5 Å². The second-order valence-corrected chi connectivity index (χ2v) is 9.81. The van der Waals surface area contributed by atoms with E-state index in [0.29, 0.717) is 23.0 Å². The SMILES string of the molecule is CC(=O)[C@H]1CC[C@H]2[C@@H]3CC[C@H]4C/C(=N\O)CC[C@]4(C)[C@H]3CC[C@]12C. The molecule has 4 rings (SSSR count). The highest BCUT2D eigenvalue weighted by Crippen LogP contribution is 2.67. The van der Waals surface area contributed by atoms with Crippen LogP contribution in [-0.4, -0.2) is 16.7 Å². The zero-order chi connectivity index (χ0) is 17.1. The number of carbonyl (C=O) groups is 1. The summed E-state index contributed by atoms with van der Waals surface area (Å²) in [5, 5.41) is 12.7. The Kier molecular flexibility index (Phi) is 3.85. The number of nitrogens with zero attached hydrogens (tertiary/aromatic N) is 1. The zero-order valence-electron chi connectivity index (χ0n) is 15.6. The van der Waals surface area contributed by atoms with Crippen molar-refractivity contribution in [3.63, 3.8) is 0 Å². The lowest BCUT2D eigenvalue weighted by Gasteiger charge is -2.60. The van der Waals surface area contributed by atoms with E-state index in [-0.39, 0.29) is 5.41 Å². The average molecular weight is 332 g/mol. The van der Waals surface area contributed by atoms with Gasteiger partial charge in [0.1, 0.15) is 5.78 Å². The van der Waals surface area contributed by atoms with E-state index in [1.807, 2.05) is 6.92 Å². The lowest BCUT2D eigenvalue weighted by Crippen LogP contribution is -2.53. The van der Waals surface area contributed by atoms with Crippen molar-refractivity contribution in [1.82, 2.24) is 0 Å². The van der Waals surface area contributed by atoms with Crippen LogP contribution in [0.5, 0.6) is 0 Å². The highest BCUT2D eigenvalue weighted by atomic mass is 16.4. The van der Waals surface area contributed by atoms with Gasteiger partial charge in [-0.15, -0.1) is 0 Å². The standard InChI is InChI=1S/C21H33NO2/c1-13(23)17-6-7-18-16-5-4-14-12-15(22-24)8-10-20(14,2)19(16)9-11-21(17,18)3/h14,16-19,24H,4-12H2,1-3H3/b22-15-/t14-,16-,17+,18-,19-,20-,21+/m0/s1. The van der Waals surface area contributed by atoms with Gasteiger partial charge in [0, 0.05) is 5.92 Å². The largest absolute Gasteiger partial charge is 0.411 e. The van der Waals surface area contributed by atoms with Crippen molar-refractivity contribution >= 4 is 11.5 Å². The first kappa shape index (κ1) is 16.6. The van der Waals surface area contributed by atoms with E-state index < -0.39 is 0 Å². The molecule has 0 aromatic rings. The maximum atomic E-state index is 12.2. The molecule has 0 aromatic carbocycles. The molecule has 0 amide bonds. The summed E-state index contributed by atoms with van der Waals surface area (Å²) in [5.41, 5.74) is 1.71. The third kappa shape index (κ3) is 2.15. The van der Waals surface area contributed by atoms with Gasteiger partial charge in [-0.05, 0) is 99.2 Å². The van der Waals surface area contributed by atoms with Gasteiger partial charge in [-0.1, -0.05) is 19.0 Å². The molecule has 0 aliphatic heterocycles. The summed E-state index contributed by atoms with van der Waals surface area (Å²) in [6.45, 7) is 6.78. The fraction of sp³-hybridized carbons (Fsp3) is 0.905. The Balaban J connectivity index is 1.61. The van der Waals surface area contributed by atoms with Crippen LogP contribution < -0.4 is 0 Å². The van der Waals surface area contributed by atoms with Gasteiger partial charge in [0.05, 0.1) is 5.71 Å². The molecule has 0 spiro atoms. The molecule has 1 N–H and O–H groups in total. The van der Waals surface area contributed by atoms with Gasteiger partial charge >= 0.3 is 0 Å². The third-order valence-electron chi connectivity index (χ3n) is 9.13. The molecule has 4 fully saturated rings. The smallest absolute Gasteiger partial charge is 0.133 e. The Hall–Kier alpha value is -0.860. The number of fused-ring (bicyclic) bond motifs is 5. The van der Waals surface area contributed by atoms with Crippen LogP contribution in [-0.2, 0) is 4.79 Å². The molecule has 24 heavy (non-hydrogen) atoms. The number of hydrogen-bond donors (Lipinski definition) is 1. The van der Waals surface area contributed by atoms with E-state index in [0.717, 1.165) is 42.7 Å². The lowest BCUT2D eigenvalue weighted by molar-refractivity contribution is -0.131. The fourth-order valence-electron chi connectivity index (χ4n) is 7.82. The number of carbonyl (C=O) groups excluding carboxylic acids is 1. The van der Waals surface area contributed by atoms with Crippen LogP contribution in [0.15, 0.2) is 5.16 Å². The minimum Gasteiger partial charge on any atom is -0.411 e. The molecule has 0 saturated heterocycles. The molecular weight excluding hydrogens is 298 g/mol. The minimum atomic E-state index is 0.266. The van der Waals surface area contributed by atoms with Crippen LogP contribution in [0.25, 0.3) is 0 Å². The molecule has 0 heterocycles. The van der Waals surface area contributed by atoms with Gasteiger partial charge in [0.2, 0.25) is 0 Å². The van der Waals surface area contributed by atoms with E-state index in [1.54, 1.807) is 0 Å². The molecule has 3 heteroatoms. The lowest BCUT2D eigenvalue weighted by atomic mass is 9.44. The van der Waals surface area contributed by atoms with Gasteiger partial charge in [-0.3, -0.25) is 4.79 Å². The van der Waals surface area contributed by atoms with Crippen LogP contribution in [0, 0.1) is 40.4 Å². The van der Waals surface area contributed by atoms with Crippen LogP contribution >= 0.6 is 0 Å². The molecule has 4 saturated carbocycles. The van der Waals surface area contributed by atoms with Crippen molar-refractivity contribution in [2.24, 2.45) is 45.6 Å². The van der Waals surface area contributed by atoms with Crippen molar-refractivity contribution in [3.8, 4) is 0 Å². The second kappa shape index (κ2) is 5.57. The molecular formula is C21H33NO2. The summed E-state index contributed by atoms with van der Waals surface area (Å²) in [5.74, 6) is 3.85. The summed E-state index contributed by atoms with van der Waals surface area (Å²) in [4.78, 5) is 12.2. The topological polar surface area (TPSA) is 49.7 Å². The van der Waals surface area contributed by atoms with Crippen LogP contribution in [0.4, 0.5) is 0 Å². The van der Waals surface area contributed by atoms with Gasteiger partial charge < -0.3 is 5.21 Å². The van der Waals surface area contributed by atoms with Gasteiger partial charge in [0.25, 0.3) is 0 Å². The third-order valence-corrected chi connectivity index (χ3v) is 9.13. The quantitative estimate of drug-likeness (QED) is 0.539. The summed E-state index contributed by atoms with van der Waals surface area (Å²) in [6.07, 6.45) is 10.7. The van der Waals surface area contributed by atoms with E-state index in [9.17, 15) is 10.0 Å². The fourth-order valence-corrected chi connectivity index (χ4v) is 7.82. The highest BCUT2D eigenvalue weighted by molar-refractivity contribution is 5.85. The Labute approximate surface area is 146 Å². The second-order valence-electron chi connectivity index (χ2n) is 9.81. The molecule has 4 aliphatic carbocycles. The molecule has 0 radical (unpaired) electrons. The predicted molar refractivity (Wildman–Crippen MR) is 95.1 cm³/mol. The maximum absolute atomic E-state index is 12.2.